The predicted octanol–water partition coefficient (Wildman–Crippen LogP) is 2.64. The number of carbonyl (C=O) groups is 1. The van der Waals surface area contributed by atoms with Gasteiger partial charge in [0.25, 0.3) is 0 Å². The third kappa shape index (κ3) is 6.10. The lowest BCUT2D eigenvalue weighted by atomic mass is 10.2. The van der Waals surface area contributed by atoms with E-state index in [2.05, 4.69) is 11.6 Å². The molecule has 1 unspecified atom stereocenters. The number of carboxylic acid groups (broad SMARTS) is 1. The minimum absolute atomic E-state index is 0.110. The maximum atomic E-state index is 12.2. The van der Waals surface area contributed by atoms with Crippen LogP contribution in [0.5, 0.6) is 0 Å². The predicted molar refractivity (Wildman–Crippen MR) is 82.4 cm³/mol. The van der Waals surface area contributed by atoms with E-state index >= 15 is 0 Å². The maximum absolute atomic E-state index is 12.2. The standard InChI is InChI=1S/C15H21NO4S/c1-3-4-5-12(2)16-21(19,20)14-9-6-13(7-10-14)8-11-15(17)18/h6-12,16H,3-5H2,1-2H3,(H,17,18). The first-order valence-electron chi connectivity index (χ1n) is 6.88. The number of hydrogen-bond acceptors (Lipinski definition) is 3. The Labute approximate surface area is 125 Å². The van der Waals surface area contributed by atoms with Gasteiger partial charge in [-0.3, -0.25) is 0 Å². The molecule has 0 amide bonds. The van der Waals surface area contributed by atoms with Crippen LogP contribution in [0.25, 0.3) is 6.08 Å². The van der Waals surface area contributed by atoms with E-state index in [1.807, 2.05) is 6.92 Å². The molecule has 0 fully saturated rings. The number of nitrogens with one attached hydrogen (secondary N) is 1. The van der Waals surface area contributed by atoms with Gasteiger partial charge in [-0.1, -0.05) is 31.9 Å². The molecule has 0 aliphatic carbocycles. The second kappa shape index (κ2) is 7.95. The molecule has 0 aliphatic rings. The highest BCUT2D eigenvalue weighted by atomic mass is 32.2. The van der Waals surface area contributed by atoms with Gasteiger partial charge in [0, 0.05) is 12.1 Å². The zero-order chi connectivity index (χ0) is 15.9. The van der Waals surface area contributed by atoms with Crippen molar-refractivity contribution in [2.45, 2.75) is 44.0 Å². The van der Waals surface area contributed by atoms with Crippen LogP contribution >= 0.6 is 0 Å². The lowest BCUT2D eigenvalue weighted by Crippen LogP contribution is -2.32. The zero-order valence-corrected chi connectivity index (χ0v) is 13.1. The van der Waals surface area contributed by atoms with Crippen LogP contribution in [0.1, 0.15) is 38.7 Å². The molecule has 0 saturated carbocycles. The Hall–Kier alpha value is -1.66. The van der Waals surface area contributed by atoms with Gasteiger partial charge in [-0.05, 0) is 37.1 Å². The Morgan fingerprint density at radius 3 is 2.48 bits per heavy atom. The summed E-state index contributed by atoms with van der Waals surface area (Å²) in [6, 6.07) is 5.98. The number of carboxylic acids is 1. The van der Waals surface area contributed by atoms with Gasteiger partial charge in [-0.15, -0.1) is 0 Å². The number of unbranched alkanes of at least 4 members (excludes halogenated alkanes) is 1. The van der Waals surface area contributed by atoms with E-state index in [0.717, 1.165) is 25.3 Å². The zero-order valence-electron chi connectivity index (χ0n) is 12.2. The molecular formula is C15H21NO4S. The third-order valence-corrected chi connectivity index (χ3v) is 4.56. The molecule has 1 atom stereocenters. The Kier molecular flexibility index (Phi) is 6.58. The minimum atomic E-state index is -3.53. The lowest BCUT2D eigenvalue weighted by Gasteiger charge is -2.13. The molecule has 6 heteroatoms. The smallest absolute Gasteiger partial charge is 0.328 e. The van der Waals surface area contributed by atoms with Crippen LogP contribution in [0.15, 0.2) is 35.2 Å². The van der Waals surface area contributed by atoms with Crippen LogP contribution in [-0.4, -0.2) is 25.5 Å². The first-order valence-corrected chi connectivity index (χ1v) is 8.37. The fourth-order valence-electron chi connectivity index (χ4n) is 1.83. The van der Waals surface area contributed by atoms with Crippen molar-refractivity contribution in [2.24, 2.45) is 0 Å². The van der Waals surface area contributed by atoms with Gasteiger partial charge in [-0.2, -0.15) is 0 Å². The van der Waals surface area contributed by atoms with Crippen LogP contribution in [0.3, 0.4) is 0 Å². The molecule has 1 aromatic carbocycles. The van der Waals surface area contributed by atoms with Crippen molar-refractivity contribution in [2.75, 3.05) is 0 Å². The van der Waals surface area contributed by atoms with E-state index in [1.54, 1.807) is 12.1 Å². The summed E-state index contributed by atoms with van der Waals surface area (Å²) >= 11 is 0. The van der Waals surface area contributed by atoms with E-state index in [9.17, 15) is 13.2 Å². The summed E-state index contributed by atoms with van der Waals surface area (Å²) in [5.41, 5.74) is 0.635. The Bertz CT molecular complexity index is 591. The van der Waals surface area contributed by atoms with E-state index in [0.29, 0.717) is 5.56 Å². The number of aliphatic carboxylic acids is 1. The Balaban J connectivity index is 2.78. The molecule has 0 saturated heterocycles. The number of benzene rings is 1. The Morgan fingerprint density at radius 1 is 1.33 bits per heavy atom. The number of sulfonamides is 1. The molecule has 0 aliphatic heterocycles. The average Bonchev–Trinajstić information content (AvgIpc) is 2.43. The normalized spacial score (nSPS) is 13.4. The van der Waals surface area contributed by atoms with Crippen LogP contribution in [-0.2, 0) is 14.8 Å². The van der Waals surface area contributed by atoms with Crippen molar-refractivity contribution in [1.29, 1.82) is 0 Å². The van der Waals surface area contributed by atoms with Gasteiger partial charge in [0.05, 0.1) is 4.90 Å². The summed E-state index contributed by atoms with van der Waals surface area (Å²) in [5, 5.41) is 8.54. The van der Waals surface area contributed by atoms with Crippen molar-refractivity contribution in [3.63, 3.8) is 0 Å². The summed E-state index contributed by atoms with van der Waals surface area (Å²) in [5.74, 6) is -1.04. The summed E-state index contributed by atoms with van der Waals surface area (Å²) in [7, 11) is -3.53. The SMILES string of the molecule is CCCCC(C)NS(=O)(=O)c1ccc(C=CC(=O)O)cc1. The van der Waals surface area contributed by atoms with Crippen molar-refractivity contribution in [1.82, 2.24) is 4.72 Å². The quantitative estimate of drug-likeness (QED) is 0.723. The van der Waals surface area contributed by atoms with Gasteiger partial charge >= 0.3 is 5.97 Å². The van der Waals surface area contributed by atoms with Crippen LogP contribution in [0.4, 0.5) is 0 Å². The van der Waals surface area contributed by atoms with E-state index in [-0.39, 0.29) is 10.9 Å². The molecule has 0 heterocycles. The van der Waals surface area contributed by atoms with Crippen LogP contribution in [0, 0.1) is 0 Å². The maximum Gasteiger partial charge on any atom is 0.328 e. The van der Waals surface area contributed by atoms with Crippen LogP contribution < -0.4 is 4.72 Å². The summed E-state index contributed by atoms with van der Waals surface area (Å²) < 4.78 is 27.0. The van der Waals surface area contributed by atoms with Gasteiger partial charge in [0.1, 0.15) is 0 Å². The molecule has 0 radical (unpaired) electrons. The average molecular weight is 311 g/mol. The largest absolute Gasteiger partial charge is 0.478 e. The lowest BCUT2D eigenvalue weighted by molar-refractivity contribution is -0.131. The van der Waals surface area contributed by atoms with Gasteiger partial charge in [0.15, 0.2) is 0 Å². The Morgan fingerprint density at radius 2 is 1.95 bits per heavy atom. The molecule has 21 heavy (non-hydrogen) atoms. The van der Waals surface area contributed by atoms with Crippen LogP contribution in [0.2, 0.25) is 0 Å². The fourth-order valence-corrected chi connectivity index (χ4v) is 3.11. The highest BCUT2D eigenvalue weighted by Crippen LogP contribution is 2.13. The second-order valence-electron chi connectivity index (χ2n) is 4.91. The third-order valence-electron chi connectivity index (χ3n) is 2.96. The van der Waals surface area contributed by atoms with Crippen molar-refractivity contribution in [3.05, 3.63) is 35.9 Å². The molecular weight excluding hydrogens is 290 g/mol. The molecule has 1 rings (SSSR count). The molecule has 116 valence electrons. The van der Waals surface area contributed by atoms with E-state index in [1.165, 1.54) is 18.2 Å². The summed E-state index contributed by atoms with van der Waals surface area (Å²) in [4.78, 5) is 10.6. The first-order chi connectivity index (χ1) is 9.85. The van der Waals surface area contributed by atoms with E-state index < -0.39 is 16.0 Å². The number of hydrogen-bond donors (Lipinski definition) is 2. The summed E-state index contributed by atoms with van der Waals surface area (Å²) in [6.45, 7) is 3.90. The highest BCUT2D eigenvalue weighted by molar-refractivity contribution is 7.89. The second-order valence-corrected chi connectivity index (χ2v) is 6.62. The molecule has 0 spiro atoms. The monoisotopic (exact) mass is 311 g/mol. The minimum Gasteiger partial charge on any atom is -0.478 e. The van der Waals surface area contributed by atoms with Gasteiger partial charge < -0.3 is 5.11 Å². The van der Waals surface area contributed by atoms with Gasteiger partial charge in [0.2, 0.25) is 10.0 Å². The molecule has 1 aromatic rings. The number of rotatable bonds is 8. The molecule has 0 bridgehead atoms. The summed E-state index contributed by atoms with van der Waals surface area (Å²) in [6.07, 6.45) is 5.22. The van der Waals surface area contributed by atoms with Gasteiger partial charge in [-0.25, -0.2) is 17.9 Å². The van der Waals surface area contributed by atoms with Crippen molar-refractivity contribution >= 4 is 22.1 Å². The molecule has 2 N–H and O–H groups in total. The van der Waals surface area contributed by atoms with E-state index in [4.69, 9.17) is 5.11 Å². The van der Waals surface area contributed by atoms with Crippen molar-refractivity contribution < 1.29 is 18.3 Å². The fraction of sp³-hybridized carbons (Fsp3) is 0.400. The molecule has 5 nitrogen and oxygen atoms in total. The van der Waals surface area contributed by atoms with Crippen molar-refractivity contribution in [3.8, 4) is 0 Å². The first kappa shape index (κ1) is 17.4. The molecule has 0 aromatic heterocycles. The highest BCUT2D eigenvalue weighted by Gasteiger charge is 2.16. The topological polar surface area (TPSA) is 83.5 Å².